The lowest BCUT2D eigenvalue weighted by Crippen LogP contribution is -2.31. The van der Waals surface area contributed by atoms with Crippen molar-refractivity contribution in [1.82, 2.24) is 4.98 Å². The Bertz CT molecular complexity index is 689. The van der Waals surface area contributed by atoms with E-state index < -0.39 is 4.92 Å². The number of nitrogens with zero attached hydrogens (tertiary/aromatic N) is 2. The highest BCUT2D eigenvalue weighted by molar-refractivity contribution is 7.99. The van der Waals surface area contributed by atoms with Gasteiger partial charge in [0.1, 0.15) is 0 Å². The van der Waals surface area contributed by atoms with Crippen molar-refractivity contribution in [2.45, 2.75) is 25.1 Å². The Hall–Kier alpha value is -1.86. The first-order valence-corrected chi connectivity index (χ1v) is 8.21. The largest absolute Gasteiger partial charge is 0.395 e. The van der Waals surface area contributed by atoms with Crippen molar-refractivity contribution in [3.8, 4) is 0 Å². The van der Waals surface area contributed by atoms with Gasteiger partial charge in [0.2, 0.25) is 0 Å². The number of anilines is 1. The number of pyridine rings is 1. The van der Waals surface area contributed by atoms with E-state index in [0.717, 1.165) is 5.69 Å². The number of aliphatic hydroxyl groups is 1. The number of hydrogen-bond acceptors (Lipinski definition) is 6. The first-order chi connectivity index (χ1) is 10.5. The molecule has 2 rings (SSSR count). The van der Waals surface area contributed by atoms with Crippen LogP contribution in [0.25, 0.3) is 10.9 Å². The van der Waals surface area contributed by atoms with E-state index in [0.29, 0.717) is 16.6 Å². The summed E-state index contributed by atoms with van der Waals surface area (Å²) in [7, 11) is 0. The van der Waals surface area contributed by atoms with E-state index in [-0.39, 0.29) is 23.6 Å². The van der Waals surface area contributed by atoms with Gasteiger partial charge in [0, 0.05) is 34.1 Å². The number of benzene rings is 1. The van der Waals surface area contributed by atoms with Crippen molar-refractivity contribution in [2.75, 3.05) is 18.2 Å². The molecule has 2 N–H and O–H groups in total. The zero-order chi connectivity index (χ0) is 16.3. The summed E-state index contributed by atoms with van der Waals surface area (Å²) in [5.74, 6) is 0. The molecule has 0 fully saturated rings. The van der Waals surface area contributed by atoms with Crippen LogP contribution in [0.5, 0.6) is 0 Å². The van der Waals surface area contributed by atoms with Crippen LogP contribution in [0.3, 0.4) is 0 Å². The molecule has 118 valence electrons. The van der Waals surface area contributed by atoms with Gasteiger partial charge >= 0.3 is 0 Å². The van der Waals surface area contributed by atoms with Crippen molar-refractivity contribution in [3.63, 3.8) is 0 Å². The van der Waals surface area contributed by atoms with Gasteiger partial charge in [-0.2, -0.15) is 11.8 Å². The van der Waals surface area contributed by atoms with Gasteiger partial charge in [0.15, 0.2) is 5.52 Å². The summed E-state index contributed by atoms with van der Waals surface area (Å²) in [5.41, 5.74) is 1.89. The average molecular weight is 321 g/mol. The number of fused-ring (bicyclic) bond motifs is 1. The number of hydrogen-bond donors (Lipinski definition) is 2. The minimum absolute atomic E-state index is 0.000442. The van der Waals surface area contributed by atoms with Gasteiger partial charge < -0.3 is 10.4 Å². The van der Waals surface area contributed by atoms with E-state index in [9.17, 15) is 15.2 Å². The Kier molecular flexibility index (Phi) is 5.20. The van der Waals surface area contributed by atoms with Gasteiger partial charge in [-0.25, -0.2) is 4.98 Å². The molecule has 22 heavy (non-hydrogen) atoms. The fourth-order valence-corrected chi connectivity index (χ4v) is 3.03. The lowest BCUT2D eigenvalue weighted by atomic mass is 10.1. The smallest absolute Gasteiger partial charge is 0.295 e. The highest BCUT2D eigenvalue weighted by Crippen LogP contribution is 2.30. The van der Waals surface area contributed by atoms with Crippen molar-refractivity contribution >= 4 is 34.0 Å². The minimum Gasteiger partial charge on any atom is -0.395 e. The van der Waals surface area contributed by atoms with E-state index in [1.54, 1.807) is 17.8 Å². The summed E-state index contributed by atoms with van der Waals surface area (Å²) in [4.78, 5) is 15.1. The molecule has 0 saturated heterocycles. The van der Waals surface area contributed by atoms with Gasteiger partial charge in [0.25, 0.3) is 5.69 Å². The number of nitro groups is 1. The maximum absolute atomic E-state index is 11.2. The minimum atomic E-state index is -0.416. The highest BCUT2D eigenvalue weighted by Gasteiger charge is 2.19. The lowest BCUT2D eigenvalue weighted by molar-refractivity contribution is -0.383. The molecule has 1 aromatic carbocycles. The molecule has 0 radical (unpaired) electrons. The monoisotopic (exact) mass is 321 g/mol. The topological polar surface area (TPSA) is 88.3 Å². The standard InChI is InChI=1S/C15H19N3O3S/c1-9-7-12(17-10(2)14(8-19)22-3)11-5-4-6-13(18(20)21)15(11)16-9/h4-7,10,14,19H,8H2,1-3H3,(H,16,17). The van der Waals surface area contributed by atoms with E-state index in [2.05, 4.69) is 10.3 Å². The molecule has 0 aliphatic rings. The molecule has 2 unspecified atom stereocenters. The van der Waals surface area contributed by atoms with Gasteiger partial charge in [-0.15, -0.1) is 0 Å². The maximum Gasteiger partial charge on any atom is 0.295 e. The number of nitro benzene ring substituents is 1. The van der Waals surface area contributed by atoms with Crippen LogP contribution in [0.1, 0.15) is 12.6 Å². The Balaban J connectivity index is 2.50. The number of thioether (sulfide) groups is 1. The maximum atomic E-state index is 11.2. The van der Waals surface area contributed by atoms with E-state index in [1.165, 1.54) is 6.07 Å². The van der Waals surface area contributed by atoms with E-state index in [1.807, 2.05) is 32.2 Å². The quantitative estimate of drug-likeness (QED) is 0.628. The number of aromatic nitrogens is 1. The van der Waals surface area contributed by atoms with Crippen molar-refractivity contribution in [3.05, 3.63) is 40.1 Å². The molecule has 2 atom stereocenters. The average Bonchev–Trinajstić information content (AvgIpc) is 2.47. The SMILES string of the molecule is CSC(CO)C(C)Nc1cc(C)nc2c([N+](=O)[O-])cccc12. The van der Waals surface area contributed by atoms with Crippen LogP contribution in [0.15, 0.2) is 24.3 Å². The summed E-state index contributed by atoms with van der Waals surface area (Å²) >= 11 is 1.58. The van der Waals surface area contributed by atoms with E-state index in [4.69, 9.17) is 0 Å². The summed E-state index contributed by atoms with van der Waals surface area (Å²) in [6, 6.07) is 6.82. The number of nitrogens with one attached hydrogen (secondary N) is 1. The molecule has 6 nitrogen and oxygen atoms in total. The Morgan fingerprint density at radius 3 is 2.82 bits per heavy atom. The molecular weight excluding hydrogens is 302 g/mol. The van der Waals surface area contributed by atoms with Crippen LogP contribution < -0.4 is 5.32 Å². The Labute approximate surface area is 133 Å². The van der Waals surface area contributed by atoms with Crippen molar-refractivity contribution in [2.24, 2.45) is 0 Å². The number of aliphatic hydroxyl groups excluding tert-OH is 1. The molecule has 0 aliphatic heterocycles. The van der Waals surface area contributed by atoms with Crippen molar-refractivity contribution < 1.29 is 10.0 Å². The Morgan fingerprint density at radius 2 is 2.23 bits per heavy atom. The molecule has 0 amide bonds. The highest BCUT2D eigenvalue weighted by atomic mass is 32.2. The van der Waals surface area contributed by atoms with Gasteiger partial charge in [-0.1, -0.05) is 12.1 Å². The normalized spacial score (nSPS) is 13.8. The third-order valence-corrected chi connectivity index (χ3v) is 4.73. The summed E-state index contributed by atoms with van der Waals surface area (Å²) in [5, 5.41) is 24.7. The summed E-state index contributed by atoms with van der Waals surface area (Å²) < 4.78 is 0. The molecule has 7 heteroatoms. The molecule has 0 bridgehead atoms. The zero-order valence-corrected chi connectivity index (χ0v) is 13.6. The molecule has 0 spiro atoms. The second kappa shape index (κ2) is 6.93. The fourth-order valence-electron chi connectivity index (χ4n) is 2.40. The zero-order valence-electron chi connectivity index (χ0n) is 12.7. The predicted octanol–water partition coefficient (Wildman–Crippen LogP) is 2.98. The Morgan fingerprint density at radius 1 is 1.50 bits per heavy atom. The second-order valence-electron chi connectivity index (χ2n) is 5.13. The number of rotatable bonds is 6. The van der Waals surface area contributed by atoms with Crippen LogP contribution in [-0.2, 0) is 0 Å². The third kappa shape index (κ3) is 3.31. The summed E-state index contributed by atoms with van der Waals surface area (Å²) in [6.45, 7) is 3.86. The van der Waals surface area contributed by atoms with Crippen LogP contribution in [-0.4, -0.2) is 39.2 Å². The number of aryl methyl sites for hydroxylation is 1. The molecule has 1 heterocycles. The molecule has 0 saturated carbocycles. The molecule has 0 aliphatic carbocycles. The first-order valence-electron chi connectivity index (χ1n) is 6.93. The lowest BCUT2D eigenvalue weighted by Gasteiger charge is -2.23. The van der Waals surface area contributed by atoms with Crippen LogP contribution in [0.2, 0.25) is 0 Å². The summed E-state index contributed by atoms with van der Waals surface area (Å²) in [6.07, 6.45) is 1.94. The molecule has 2 aromatic rings. The number of non-ortho nitro benzene ring substituents is 1. The van der Waals surface area contributed by atoms with Crippen molar-refractivity contribution in [1.29, 1.82) is 0 Å². The van der Waals surface area contributed by atoms with E-state index >= 15 is 0 Å². The fraction of sp³-hybridized carbons (Fsp3) is 0.400. The predicted molar refractivity (Wildman–Crippen MR) is 90.6 cm³/mol. The van der Waals surface area contributed by atoms with Crippen LogP contribution in [0, 0.1) is 17.0 Å². The van der Waals surface area contributed by atoms with Crippen LogP contribution >= 0.6 is 11.8 Å². The third-order valence-electron chi connectivity index (χ3n) is 3.57. The van der Waals surface area contributed by atoms with Crippen LogP contribution in [0.4, 0.5) is 11.4 Å². The van der Waals surface area contributed by atoms with Gasteiger partial charge in [0.05, 0.1) is 11.5 Å². The number of para-hydroxylation sites is 1. The van der Waals surface area contributed by atoms with Gasteiger partial charge in [-0.3, -0.25) is 10.1 Å². The molecular formula is C15H19N3O3S. The second-order valence-corrected chi connectivity index (χ2v) is 6.21. The first kappa shape index (κ1) is 16.5. The molecule has 1 aromatic heterocycles. The van der Waals surface area contributed by atoms with Gasteiger partial charge in [-0.05, 0) is 26.2 Å².